The Morgan fingerprint density at radius 2 is 1.82 bits per heavy atom. The Hall–Kier alpha value is -3.77. The van der Waals surface area contributed by atoms with E-state index < -0.39 is 0 Å². The maximum absolute atomic E-state index is 11.9. The molecule has 0 bridgehead atoms. The van der Waals surface area contributed by atoms with Crippen LogP contribution in [0.2, 0.25) is 0 Å². The highest BCUT2D eigenvalue weighted by atomic mass is 16.1. The summed E-state index contributed by atoms with van der Waals surface area (Å²) in [5.41, 5.74) is 7.11. The van der Waals surface area contributed by atoms with Crippen LogP contribution in [0.3, 0.4) is 0 Å². The summed E-state index contributed by atoms with van der Waals surface area (Å²) in [5.74, 6) is -0.0574. The topological polar surface area (TPSA) is 73.9 Å². The molecule has 4 rings (SSSR count). The van der Waals surface area contributed by atoms with Crippen LogP contribution in [0, 0.1) is 0 Å². The Bertz CT molecular complexity index is 1290. The summed E-state index contributed by atoms with van der Waals surface area (Å²) < 4.78 is 0. The molecule has 0 atom stereocenters. The number of amides is 1. The van der Waals surface area contributed by atoms with Crippen molar-refractivity contribution < 1.29 is 4.79 Å². The van der Waals surface area contributed by atoms with Gasteiger partial charge in [-0.2, -0.15) is 0 Å². The number of unbranched alkanes of at least 4 members (excludes halogenated alkanes) is 2. The van der Waals surface area contributed by atoms with Gasteiger partial charge in [0.05, 0.1) is 11.0 Å². The second-order valence-corrected chi connectivity index (χ2v) is 10.1. The predicted molar refractivity (Wildman–Crippen MR) is 156 cm³/mol. The minimum absolute atomic E-state index is 0.0574. The van der Waals surface area contributed by atoms with E-state index in [2.05, 4.69) is 75.5 Å². The second kappa shape index (κ2) is 14.2. The Labute approximate surface area is 226 Å². The van der Waals surface area contributed by atoms with Gasteiger partial charge >= 0.3 is 0 Å². The van der Waals surface area contributed by atoms with Gasteiger partial charge in [0.1, 0.15) is 0 Å². The van der Waals surface area contributed by atoms with Crippen molar-refractivity contribution in [1.29, 1.82) is 0 Å². The van der Waals surface area contributed by atoms with Gasteiger partial charge in [0.25, 0.3) is 0 Å². The molecule has 1 amide bonds. The zero-order valence-corrected chi connectivity index (χ0v) is 22.6. The summed E-state index contributed by atoms with van der Waals surface area (Å²) >= 11 is 0. The number of nitrogens with one attached hydrogen (secondary N) is 2. The minimum atomic E-state index is -0.0574. The third-order valence-corrected chi connectivity index (χ3v) is 6.87. The maximum atomic E-state index is 11.9. The molecule has 2 N–H and O–H groups in total. The molecule has 6 heteroatoms. The van der Waals surface area contributed by atoms with Crippen LogP contribution in [-0.2, 0) is 24.2 Å². The number of nitrogens with zero attached hydrogens (tertiary/aromatic N) is 3. The first-order chi connectivity index (χ1) is 18.6. The van der Waals surface area contributed by atoms with E-state index in [1.54, 1.807) is 24.5 Å². The highest BCUT2D eigenvalue weighted by Gasteiger charge is 2.12. The fourth-order valence-electron chi connectivity index (χ4n) is 4.58. The van der Waals surface area contributed by atoms with Gasteiger partial charge in [-0.3, -0.25) is 19.7 Å². The molecule has 6 nitrogen and oxygen atoms in total. The average molecular weight is 510 g/mol. The van der Waals surface area contributed by atoms with Crippen LogP contribution < -0.4 is 5.32 Å². The summed E-state index contributed by atoms with van der Waals surface area (Å²) in [6.45, 7) is 7.18. The number of carbonyl (C=O) groups is 1. The van der Waals surface area contributed by atoms with Gasteiger partial charge < -0.3 is 10.3 Å². The smallest absolute Gasteiger partial charge is 0.243 e. The number of hydrogen-bond acceptors (Lipinski definition) is 4. The van der Waals surface area contributed by atoms with Gasteiger partial charge in [0.2, 0.25) is 5.91 Å². The molecule has 0 unspecified atom stereocenters. The van der Waals surface area contributed by atoms with Crippen LogP contribution in [0.15, 0.2) is 79.4 Å². The number of fused-ring (bicyclic) bond motifs is 1. The number of aromatic amines is 1. The van der Waals surface area contributed by atoms with E-state index in [1.807, 2.05) is 24.4 Å². The zero-order chi connectivity index (χ0) is 26.6. The lowest BCUT2D eigenvalue weighted by Gasteiger charge is -2.26. The van der Waals surface area contributed by atoms with E-state index in [1.165, 1.54) is 16.7 Å². The maximum Gasteiger partial charge on any atom is 0.243 e. The molecule has 0 saturated heterocycles. The third kappa shape index (κ3) is 8.38. The number of H-pyrrole nitrogens is 1. The fourth-order valence-corrected chi connectivity index (χ4v) is 4.58. The molecular formula is C32H39N5O. The van der Waals surface area contributed by atoms with Gasteiger partial charge in [0, 0.05) is 56.5 Å². The van der Waals surface area contributed by atoms with Gasteiger partial charge in [-0.15, -0.1) is 0 Å². The van der Waals surface area contributed by atoms with E-state index in [0.717, 1.165) is 61.8 Å². The number of aromatic nitrogens is 3. The predicted octanol–water partition coefficient (Wildman–Crippen LogP) is 5.95. The molecule has 0 spiro atoms. The molecule has 1 aromatic carbocycles. The average Bonchev–Trinajstić information content (AvgIpc) is 3.36. The van der Waals surface area contributed by atoms with E-state index in [4.69, 9.17) is 0 Å². The number of benzene rings is 1. The summed E-state index contributed by atoms with van der Waals surface area (Å²) in [7, 11) is 0. The number of carbonyl (C=O) groups excluding carboxylic acids is 1. The molecule has 0 aliphatic carbocycles. The van der Waals surface area contributed by atoms with Crippen molar-refractivity contribution in [3.63, 3.8) is 0 Å². The van der Waals surface area contributed by atoms with Gasteiger partial charge in [-0.1, -0.05) is 36.8 Å². The Morgan fingerprint density at radius 3 is 2.61 bits per heavy atom. The highest BCUT2D eigenvalue weighted by molar-refractivity contribution is 5.91. The number of rotatable bonds is 14. The molecule has 0 saturated carbocycles. The first-order valence-corrected chi connectivity index (χ1v) is 13.7. The van der Waals surface area contributed by atoms with Crippen molar-refractivity contribution >= 4 is 23.0 Å². The standard InChI is InChI=1S/C32H39N5O/c1-25(2)37(21-17-29-23-36-30-10-7-20-35-32(29)30)24-28-13-11-26(12-14-28)8-4-3-5-19-34-31(38)16-15-27-9-6-18-33-22-27/h6-7,9-16,18,20,22-23,25,36H,3-5,8,17,19,21,24H2,1-2H3,(H,34,38)/b16-15+. The molecule has 198 valence electrons. The van der Waals surface area contributed by atoms with Crippen molar-refractivity contribution in [3.05, 3.63) is 102 Å². The van der Waals surface area contributed by atoms with Crippen LogP contribution in [0.4, 0.5) is 0 Å². The Kier molecular flexibility index (Phi) is 10.2. The number of aryl methyl sites for hydroxylation is 1. The summed E-state index contributed by atoms with van der Waals surface area (Å²) in [4.78, 5) is 26.4. The first kappa shape index (κ1) is 27.3. The lowest BCUT2D eigenvalue weighted by atomic mass is 10.0. The minimum Gasteiger partial charge on any atom is -0.360 e. The Morgan fingerprint density at radius 1 is 1.00 bits per heavy atom. The van der Waals surface area contributed by atoms with Crippen LogP contribution in [0.25, 0.3) is 17.1 Å². The van der Waals surface area contributed by atoms with Crippen molar-refractivity contribution in [3.8, 4) is 0 Å². The second-order valence-electron chi connectivity index (χ2n) is 10.1. The molecule has 38 heavy (non-hydrogen) atoms. The van der Waals surface area contributed by atoms with E-state index in [0.29, 0.717) is 12.6 Å². The quantitative estimate of drug-likeness (QED) is 0.163. The van der Waals surface area contributed by atoms with Crippen molar-refractivity contribution in [2.75, 3.05) is 13.1 Å². The Balaban J connectivity index is 1.14. The summed E-state index contributed by atoms with van der Waals surface area (Å²) in [5, 5.41) is 2.96. The molecule has 3 aromatic heterocycles. The monoisotopic (exact) mass is 509 g/mol. The molecular weight excluding hydrogens is 470 g/mol. The lowest BCUT2D eigenvalue weighted by molar-refractivity contribution is -0.116. The van der Waals surface area contributed by atoms with Gasteiger partial charge in [-0.05, 0) is 86.1 Å². The van der Waals surface area contributed by atoms with E-state index in [-0.39, 0.29) is 5.91 Å². The lowest BCUT2D eigenvalue weighted by Crippen LogP contribution is -2.32. The first-order valence-electron chi connectivity index (χ1n) is 13.7. The molecule has 0 aliphatic rings. The van der Waals surface area contributed by atoms with Crippen LogP contribution in [0.1, 0.15) is 55.4 Å². The van der Waals surface area contributed by atoms with Crippen LogP contribution >= 0.6 is 0 Å². The third-order valence-electron chi connectivity index (χ3n) is 6.87. The SMILES string of the molecule is CC(C)N(CCc1c[nH]c2cccnc12)Cc1ccc(CCCCCNC(=O)/C=C/c2cccnc2)cc1. The van der Waals surface area contributed by atoms with E-state index >= 15 is 0 Å². The van der Waals surface area contributed by atoms with Gasteiger partial charge in [-0.25, -0.2) is 0 Å². The zero-order valence-electron chi connectivity index (χ0n) is 22.6. The fraction of sp³-hybridized carbons (Fsp3) is 0.344. The number of pyridine rings is 2. The molecule has 0 aliphatic heterocycles. The largest absolute Gasteiger partial charge is 0.360 e. The number of hydrogen-bond donors (Lipinski definition) is 2. The van der Waals surface area contributed by atoms with E-state index in [9.17, 15) is 4.79 Å². The summed E-state index contributed by atoms with van der Waals surface area (Å²) in [6.07, 6.45) is 16.0. The van der Waals surface area contributed by atoms with Gasteiger partial charge in [0.15, 0.2) is 0 Å². The highest BCUT2D eigenvalue weighted by Crippen LogP contribution is 2.18. The molecule has 3 heterocycles. The van der Waals surface area contributed by atoms with Crippen molar-refractivity contribution in [1.82, 2.24) is 25.2 Å². The molecule has 4 aromatic rings. The summed E-state index contributed by atoms with van der Waals surface area (Å²) in [6, 6.07) is 17.4. The van der Waals surface area contributed by atoms with Crippen molar-refractivity contribution in [2.45, 2.75) is 58.5 Å². The van der Waals surface area contributed by atoms with Crippen LogP contribution in [-0.4, -0.2) is 44.9 Å². The molecule has 0 radical (unpaired) electrons. The van der Waals surface area contributed by atoms with Crippen LogP contribution in [0.5, 0.6) is 0 Å². The van der Waals surface area contributed by atoms with Crippen molar-refractivity contribution in [2.24, 2.45) is 0 Å². The normalized spacial score (nSPS) is 11.7. The molecule has 0 fully saturated rings.